The van der Waals surface area contributed by atoms with Gasteiger partial charge in [0, 0.05) is 44.5 Å². The van der Waals surface area contributed by atoms with Crippen molar-refractivity contribution in [1.82, 2.24) is 9.88 Å². The van der Waals surface area contributed by atoms with Gasteiger partial charge in [0.2, 0.25) is 0 Å². The minimum Gasteiger partial charge on any atom is -0.469 e. The second kappa shape index (κ2) is 7.33. The Bertz CT molecular complexity index is 515. The second-order valence-corrected chi connectivity index (χ2v) is 5.36. The van der Waals surface area contributed by atoms with Crippen molar-refractivity contribution in [3.8, 4) is 0 Å². The molecule has 114 valence electrons. The standard InChI is InChI=1S/C14H20N4O2S/c1-20-13(19)3-5-17-6-8-18(9-7-17)12-10-11(14(15)21)2-4-16-12/h2,4,10H,3,5-9H2,1H3,(H2,15,21). The van der Waals surface area contributed by atoms with E-state index in [4.69, 9.17) is 18.0 Å². The first-order valence-electron chi connectivity index (χ1n) is 6.90. The van der Waals surface area contributed by atoms with Crippen LogP contribution in [0.1, 0.15) is 12.0 Å². The Labute approximate surface area is 129 Å². The molecule has 1 fully saturated rings. The highest BCUT2D eigenvalue weighted by atomic mass is 32.1. The SMILES string of the molecule is COC(=O)CCN1CCN(c2cc(C(N)=S)ccn2)CC1. The summed E-state index contributed by atoms with van der Waals surface area (Å²) >= 11 is 4.99. The number of rotatable bonds is 5. The van der Waals surface area contributed by atoms with E-state index in [0.29, 0.717) is 11.4 Å². The number of carbonyl (C=O) groups excluding carboxylic acids is 1. The zero-order valence-corrected chi connectivity index (χ0v) is 12.9. The van der Waals surface area contributed by atoms with Crippen molar-refractivity contribution in [3.05, 3.63) is 23.9 Å². The Morgan fingerprint density at radius 1 is 1.43 bits per heavy atom. The van der Waals surface area contributed by atoms with Crippen molar-refractivity contribution < 1.29 is 9.53 Å². The van der Waals surface area contributed by atoms with Crippen molar-refractivity contribution in [2.45, 2.75) is 6.42 Å². The number of nitrogens with two attached hydrogens (primary N) is 1. The van der Waals surface area contributed by atoms with Crippen LogP contribution < -0.4 is 10.6 Å². The molecule has 0 spiro atoms. The van der Waals surface area contributed by atoms with Crippen molar-refractivity contribution >= 4 is 29.0 Å². The van der Waals surface area contributed by atoms with Gasteiger partial charge in [-0.05, 0) is 12.1 Å². The summed E-state index contributed by atoms with van der Waals surface area (Å²) in [6.07, 6.45) is 2.17. The Morgan fingerprint density at radius 3 is 2.76 bits per heavy atom. The summed E-state index contributed by atoms with van der Waals surface area (Å²) < 4.78 is 4.66. The highest BCUT2D eigenvalue weighted by Crippen LogP contribution is 2.15. The lowest BCUT2D eigenvalue weighted by molar-refractivity contribution is -0.141. The number of nitrogens with zero attached hydrogens (tertiary/aromatic N) is 3. The maximum absolute atomic E-state index is 11.1. The third-order valence-corrected chi connectivity index (χ3v) is 3.82. The van der Waals surface area contributed by atoms with Crippen molar-refractivity contribution in [2.24, 2.45) is 5.73 Å². The molecule has 0 amide bonds. The fourth-order valence-corrected chi connectivity index (χ4v) is 2.42. The van der Waals surface area contributed by atoms with Crippen LogP contribution in [0.3, 0.4) is 0 Å². The second-order valence-electron chi connectivity index (χ2n) is 4.92. The van der Waals surface area contributed by atoms with Crippen LogP contribution in [0.4, 0.5) is 5.82 Å². The molecule has 21 heavy (non-hydrogen) atoms. The van der Waals surface area contributed by atoms with Gasteiger partial charge < -0.3 is 15.4 Å². The molecule has 2 heterocycles. The number of hydrogen-bond donors (Lipinski definition) is 1. The topological polar surface area (TPSA) is 71.7 Å². The number of anilines is 1. The molecule has 0 radical (unpaired) electrons. The number of carbonyl (C=O) groups is 1. The lowest BCUT2D eigenvalue weighted by Crippen LogP contribution is -2.47. The van der Waals surface area contributed by atoms with Crippen LogP contribution in [-0.4, -0.2) is 60.7 Å². The molecule has 6 nitrogen and oxygen atoms in total. The van der Waals surface area contributed by atoms with Crippen LogP contribution in [-0.2, 0) is 9.53 Å². The normalized spacial score (nSPS) is 15.8. The molecular formula is C14H20N4O2S. The van der Waals surface area contributed by atoms with Crippen LogP contribution in [0, 0.1) is 0 Å². The number of esters is 1. The van der Waals surface area contributed by atoms with E-state index in [1.54, 1.807) is 6.20 Å². The summed E-state index contributed by atoms with van der Waals surface area (Å²) in [6.45, 7) is 4.27. The van der Waals surface area contributed by atoms with E-state index < -0.39 is 0 Å². The van der Waals surface area contributed by atoms with E-state index in [1.807, 2.05) is 12.1 Å². The number of aromatic nitrogens is 1. The smallest absolute Gasteiger partial charge is 0.306 e. The zero-order chi connectivity index (χ0) is 15.2. The fraction of sp³-hybridized carbons (Fsp3) is 0.500. The van der Waals surface area contributed by atoms with E-state index in [0.717, 1.165) is 44.1 Å². The Morgan fingerprint density at radius 2 is 2.14 bits per heavy atom. The Kier molecular flexibility index (Phi) is 5.46. The molecule has 0 aliphatic carbocycles. The lowest BCUT2D eigenvalue weighted by atomic mass is 10.2. The molecule has 1 aliphatic heterocycles. The van der Waals surface area contributed by atoms with E-state index in [-0.39, 0.29) is 5.97 Å². The minimum atomic E-state index is -0.164. The Hall–Kier alpha value is -1.73. The molecule has 0 unspecified atom stereocenters. The molecule has 1 aromatic heterocycles. The van der Waals surface area contributed by atoms with Gasteiger partial charge in [-0.2, -0.15) is 0 Å². The van der Waals surface area contributed by atoms with Gasteiger partial charge in [0.25, 0.3) is 0 Å². The molecule has 1 aliphatic rings. The van der Waals surface area contributed by atoms with Gasteiger partial charge in [-0.1, -0.05) is 12.2 Å². The molecule has 0 atom stereocenters. The summed E-state index contributed by atoms with van der Waals surface area (Å²) in [5, 5.41) is 0. The molecule has 2 N–H and O–H groups in total. The van der Waals surface area contributed by atoms with Crippen molar-refractivity contribution in [2.75, 3.05) is 44.7 Å². The molecule has 2 rings (SSSR count). The van der Waals surface area contributed by atoms with Crippen molar-refractivity contribution in [3.63, 3.8) is 0 Å². The summed E-state index contributed by atoms with van der Waals surface area (Å²) in [5.41, 5.74) is 6.48. The highest BCUT2D eigenvalue weighted by Gasteiger charge is 2.19. The number of thiocarbonyl (C=S) groups is 1. The van der Waals surface area contributed by atoms with E-state index in [1.165, 1.54) is 7.11 Å². The van der Waals surface area contributed by atoms with Gasteiger partial charge in [-0.15, -0.1) is 0 Å². The van der Waals surface area contributed by atoms with Gasteiger partial charge in [0.1, 0.15) is 10.8 Å². The number of methoxy groups -OCH3 is 1. The largest absolute Gasteiger partial charge is 0.469 e. The van der Waals surface area contributed by atoms with Gasteiger partial charge in [0.15, 0.2) is 0 Å². The minimum absolute atomic E-state index is 0.164. The molecular weight excluding hydrogens is 288 g/mol. The fourth-order valence-electron chi connectivity index (χ4n) is 2.30. The van der Waals surface area contributed by atoms with Gasteiger partial charge in [-0.25, -0.2) is 4.98 Å². The maximum Gasteiger partial charge on any atom is 0.306 e. The predicted molar refractivity (Wildman–Crippen MR) is 85.4 cm³/mol. The first kappa shape index (κ1) is 15.7. The van der Waals surface area contributed by atoms with Gasteiger partial charge in [-0.3, -0.25) is 9.69 Å². The average Bonchev–Trinajstić information content (AvgIpc) is 2.53. The van der Waals surface area contributed by atoms with Crippen LogP contribution in [0.5, 0.6) is 0 Å². The summed E-state index contributed by atoms with van der Waals surface area (Å²) in [5.74, 6) is 0.733. The number of ether oxygens (including phenoxy) is 1. The first-order valence-corrected chi connectivity index (χ1v) is 7.31. The van der Waals surface area contributed by atoms with E-state index >= 15 is 0 Å². The molecule has 0 bridgehead atoms. The van der Waals surface area contributed by atoms with Gasteiger partial charge in [0.05, 0.1) is 13.5 Å². The predicted octanol–water partition coefficient (Wildman–Crippen LogP) is 0.401. The number of piperazine rings is 1. The van der Waals surface area contributed by atoms with Crippen LogP contribution >= 0.6 is 12.2 Å². The maximum atomic E-state index is 11.1. The van der Waals surface area contributed by atoms with Gasteiger partial charge >= 0.3 is 5.97 Å². The zero-order valence-electron chi connectivity index (χ0n) is 12.1. The van der Waals surface area contributed by atoms with Crippen LogP contribution in [0.2, 0.25) is 0 Å². The summed E-state index contributed by atoms with van der Waals surface area (Å²) in [7, 11) is 1.42. The van der Waals surface area contributed by atoms with Crippen LogP contribution in [0.25, 0.3) is 0 Å². The van der Waals surface area contributed by atoms with Crippen LogP contribution in [0.15, 0.2) is 18.3 Å². The Balaban J connectivity index is 1.87. The molecule has 0 saturated carbocycles. The number of pyridine rings is 1. The highest BCUT2D eigenvalue weighted by molar-refractivity contribution is 7.80. The summed E-state index contributed by atoms with van der Waals surface area (Å²) in [6, 6.07) is 3.74. The van der Waals surface area contributed by atoms with E-state index in [2.05, 4.69) is 19.5 Å². The molecule has 1 aromatic rings. The molecule has 1 saturated heterocycles. The monoisotopic (exact) mass is 308 g/mol. The lowest BCUT2D eigenvalue weighted by Gasteiger charge is -2.35. The quantitative estimate of drug-likeness (QED) is 0.623. The first-order chi connectivity index (χ1) is 10.1. The molecule has 0 aromatic carbocycles. The average molecular weight is 308 g/mol. The van der Waals surface area contributed by atoms with E-state index in [9.17, 15) is 4.79 Å². The number of hydrogen-bond acceptors (Lipinski definition) is 6. The third kappa shape index (κ3) is 4.37. The summed E-state index contributed by atoms with van der Waals surface area (Å²) in [4.78, 5) is 20.4. The molecule has 7 heteroatoms. The van der Waals surface area contributed by atoms with Crippen molar-refractivity contribution in [1.29, 1.82) is 0 Å². The third-order valence-electron chi connectivity index (χ3n) is 3.59.